The first-order valence-corrected chi connectivity index (χ1v) is 16.2. The minimum atomic E-state index is -3.88. The minimum Gasteiger partial charge on any atom is -0.497 e. The molecule has 0 aliphatic heterocycles. The van der Waals surface area contributed by atoms with Gasteiger partial charge in [-0.2, -0.15) is 4.31 Å². The van der Waals surface area contributed by atoms with E-state index in [1.165, 1.54) is 55.7 Å². The fraction of sp³-hybridized carbons (Fsp3) is 0.594. The summed E-state index contributed by atoms with van der Waals surface area (Å²) in [5.74, 6) is 0.542. The zero-order valence-electron chi connectivity index (χ0n) is 24.2. The number of aliphatic hydroxyl groups excluding tert-OH is 1. The van der Waals surface area contributed by atoms with Crippen molar-refractivity contribution < 1.29 is 23.1 Å². The van der Waals surface area contributed by atoms with Crippen LogP contribution >= 0.6 is 0 Å². The number of aliphatic hydroxyl groups is 1. The standard InChI is InChI=1S/C32H46N2O5S/c1-24(2)22-34(40(37,38)28-15-13-27(39-3)14-16-28)23-30(35)29(20-25-10-5-4-6-11-25)33-31(36)26-12-9-19-32(21-26)17-7-8-18-32/h4-6,10-11,13-16,24,26,29-30,35H,7-9,12,17-23H2,1-3H3,(H,33,36)/t26?,29-,30+/m0/s1. The molecule has 8 heteroatoms. The fourth-order valence-corrected chi connectivity index (χ4v) is 8.24. The van der Waals surface area contributed by atoms with Gasteiger partial charge >= 0.3 is 0 Å². The predicted octanol–water partition coefficient (Wildman–Crippen LogP) is 5.18. The second-order valence-electron chi connectivity index (χ2n) is 12.3. The van der Waals surface area contributed by atoms with Gasteiger partial charge in [0.15, 0.2) is 0 Å². The van der Waals surface area contributed by atoms with E-state index in [2.05, 4.69) is 5.32 Å². The second kappa shape index (κ2) is 13.5. The van der Waals surface area contributed by atoms with E-state index in [0.717, 1.165) is 24.8 Å². The summed E-state index contributed by atoms with van der Waals surface area (Å²) in [6, 6.07) is 15.4. The summed E-state index contributed by atoms with van der Waals surface area (Å²) in [6.07, 6.45) is 8.30. The van der Waals surface area contributed by atoms with Crippen molar-refractivity contribution in [2.45, 2.75) is 88.7 Å². The number of sulfonamides is 1. The molecule has 2 aliphatic rings. The van der Waals surface area contributed by atoms with Gasteiger partial charge in [0.1, 0.15) is 5.75 Å². The molecule has 1 unspecified atom stereocenters. The molecule has 220 valence electrons. The van der Waals surface area contributed by atoms with E-state index in [1.54, 1.807) is 12.1 Å². The molecule has 2 N–H and O–H groups in total. The Bertz CT molecular complexity index is 1190. The summed E-state index contributed by atoms with van der Waals surface area (Å²) in [7, 11) is -2.35. The summed E-state index contributed by atoms with van der Waals surface area (Å²) >= 11 is 0. The highest BCUT2D eigenvalue weighted by Crippen LogP contribution is 2.50. The van der Waals surface area contributed by atoms with Crippen LogP contribution in [0, 0.1) is 17.3 Å². The molecular formula is C32H46N2O5S. The molecule has 4 rings (SSSR count). The number of carbonyl (C=O) groups excluding carboxylic acids is 1. The quantitative estimate of drug-likeness (QED) is 0.367. The lowest BCUT2D eigenvalue weighted by molar-refractivity contribution is -0.129. The highest BCUT2D eigenvalue weighted by molar-refractivity contribution is 7.89. The molecule has 2 fully saturated rings. The van der Waals surface area contributed by atoms with Crippen LogP contribution in [-0.4, -0.2) is 56.1 Å². The van der Waals surface area contributed by atoms with Crippen LogP contribution < -0.4 is 10.1 Å². The van der Waals surface area contributed by atoms with Crippen molar-refractivity contribution in [1.82, 2.24) is 9.62 Å². The number of ether oxygens (including phenoxy) is 1. The molecule has 2 aliphatic carbocycles. The normalized spacial score (nSPS) is 20.5. The van der Waals surface area contributed by atoms with Crippen LogP contribution in [0.25, 0.3) is 0 Å². The molecule has 1 spiro atoms. The Balaban J connectivity index is 1.54. The molecule has 3 atom stereocenters. The number of carbonyl (C=O) groups is 1. The topological polar surface area (TPSA) is 95.9 Å². The van der Waals surface area contributed by atoms with Crippen LogP contribution in [0.15, 0.2) is 59.5 Å². The largest absolute Gasteiger partial charge is 0.497 e. The lowest BCUT2D eigenvalue weighted by Gasteiger charge is -2.38. The molecule has 0 saturated heterocycles. The van der Waals surface area contributed by atoms with E-state index in [9.17, 15) is 18.3 Å². The molecule has 40 heavy (non-hydrogen) atoms. The first kappa shape index (κ1) is 30.5. The predicted molar refractivity (Wildman–Crippen MR) is 158 cm³/mol. The molecule has 0 heterocycles. The van der Waals surface area contributed by atoms with Gasteiger partial charge in [-0.05, 0) is 79.7 Å². The van der Waals surface area contributed by atoms with Crippen molar-refractivity contribution in [3.05, 3.63) is 60.2 Å². The van der Waals surface area contributed by atoms with Gasteiger partial charge in [-0.3, -0.25) is 4.79 Å². The van der Waals surface area contributed by atoms with Crippen molar-refractivity contribution in [2.75, 3.05) is 20.2 Å². The molecule has 0 bridgehead atoms. The molecule has 7 nitrogen and oxygen atoms in total. The van der Waals surface area contributed by atoms with Crippen molar-refractivity contribution in [3.8, 4) is 5.75 Å². The second-order valence-corrected chi connectivity index (χ2v) is 14.2. The smallest absolute Gasteiger partial charge is 0.243 e. The monoisotopic (exact) mass is 570 g/mol. The number of rotatable bonds is 12. The molecule has 0 radical (unpaired) electrons. The molecule has 0 aromatic heterocycles. The average molecular weight is 571 g/mol. The van der Waals surface area contributed by atoms with Gasteiger partial charge in [0, 0.05) is 19.0 Å². The Kier molecular flexibility index (Phi) is 10.3. The van der Waals surface area contributed by atoms with Gasteiger partial charge in [-0.1, -0.05) is 63.4 Å². The lowest BCUT2D eigenvalue weighted by Crippen LogP contribution is -2.52. The van der Waals surface area contributed by atoms with E-state index in [0.29, 0.717) is 17.6 Å². The highest BCUT2D eigenvalue weighted by atomic mass is 32.2. The SMILES string of the molecule is COc1ccc(S(=O)(=O)N(CC(C)C)C[C@@H](O)[C@H](Cc2ccccc2)NC(=O)C2CCCC3(CCCC3)C2)cc1. The molecule has 2 saturated carbocycles. The maximum atomic E-state index is 13.7. The van der Waals surface area contributed by atoms with Gasteiger partial charge < -0.3 is 15.2 Å². The number of benzene rings is 2. The molecule has 2 aromatic rings. The number of methoxy groups -OCH3 is 1. The van der Waals surface area contributed by atoms with Crippen LogP contribution in [0.2, 0.25) is 0 Å². The number of amides is 1. The van der Waals surface area contributed by atoms with Crippen molar-refractivity contribution in [3.63, 3.8) is 0 Å². The van der Waals surface area contributed by atoms with E-state index < -0.39 is 22.2 Å². The zero-order chi connectivity index (χ0) is 28.8. The summed E-state index contributed by atoms with van der Waals surface area (Å²) in [5, 5.41) is 14.7. The first-order chi connectivity index (χ1) is 19.1. The summed E-state index contributed by atoms with van der Waals surface area (Å²) in [6.45, 7) is 4.05. The number of nitrogens with zero attached hydrogens (tertiary/aromatic N) is 1. The van der Waals surface area contributed by atoms with E-state index >= 15 is 0 Å². The maximum Gasteiger partial charge on any atom is 0.243 e. The van der Waals surface area contributed by atoms with Crippen molar-refractivity contribution >= 4 is 15.9 Å². The zero-order valence-corrected chi connectivity index (χ0v) is 25.0. The Morgan fingerprint density at radius 3 is 2.30 bits per heavy atom. The Morgan fingerprint density at radius 1 is 1.02 bits per heavy atom. The molecule has 2 aromatic carbocycles. The summed E-state index contributed by atoms with van der Waals surface area (Å²) in [4.78, 5) is 13.8. The van der Waals surface area contributed by atoms with Crippen molar-refractivity contribution in [1.29, 1.82) is 0 Å². The third-order valence-electron chi connectivity index (χ3n) is 8.72. The van der Waals surface area contributed by atoms with Crippen LogP contribution in [0.1, 0.15) is 70.8 Å². The van der Waals surface area contributed by atoms with Gasteiger partial charge in [0.05, 0.1) is 24.2 Å². The Hall–Kier alpha value is -2.42. The van der Waals surface area contributed by atoms with Crippen LogP contribution in [0.3, 0.4) is 0 Å². The fourth-order valence-electron chi connectivity index (χ4n) is 6.62. The van der Waals surface area contributed by atoms with Gasteiger partial charge in [-0.15, -0.1) is 0 Å². The lowest BCUT2D eigenvalue weighted by atomic mass is 9.68. The van der Waals surface area contributed by atoms with E-state index in [4.69, 9.17) is 4.74 Å². The first-order valence-electron chi connectivity index (χ1n) is 14.8. The van der Waals surface area contributed by atoms with Gasteiger partial charge in [0.25, 0.3) is 0 Å². The van der Waals surface area contributed by atoms with Gasteiger partial charge in [0.2, 0.25) is 15.9 Å². The molecular weight excluding hydrogens is 524 g/mol. The van der Waals surface area contributed by atoms with Crippen LogP contribution in [0.4, 0.5) is 0 Å². The van der Waals surface area contributed by atoms with E-state index in [1.807, 2.05) is 44.2 Å². The summed E-state index contributed by atoms with van der Waals surface area (Å²) in [5.41, 5.74) is 1.28. The Morgan fingerprint density at radius 2 is 1.68 bits per heavy atom. The van der Waals surface area contributed by atoms with E-state index in [-0.39, 0.29) is 35.7 Å². The average Bonchev–Trinajstić information content (AvgIpc) is 3.39. The van der Waals surface area contributed by atoms with Crippen LogP contribution in [0.5, 0.6) is 5.75 Å². The molecule has 1 amide bonds. The third kappa shape index (κ3) is 7.65. The Labute approximate surface area is 240 Å². The minimum absolute atomic E-state index is 0.0145. The van der Waals surface area contributed by atoms with Crippen molar-refractivity contribution in [2.24, 2.45) is 17.3 Å². The highest BCUT2D eigenvalue weighted by Gasteiger charge is 2.41. The maximum absolute atomic E-state index is 13.7. The summed E-state index contributed by atoms with van der Waals surface area (Å²) < 4.78 is 33.9. The number of nitrogens with one attached hydrogen (secondary N) is 1. The third-order valence-corrected chi connectivity index (χ3v) is 10.6. The van der Waals surface area contributed by atoms with Crippen LogP contribution in [-0.2, 0) is 21.2 Å². The van der Waals surface area contributed by atoms with Gasteiger partial charge in [-0.25, -0.2) is 8.42 Å². The number of hydrogen-bond acceptors (Lipinski definition) is 5. The number of hydrogen-bond donors (Lipinski definition) is 2.